The summed E-state index contributed by atoms with van der Waals surface area (Å²) < 4.78 is 63.2. The van der Waals surface area contributed by atoms with Crippen molar-refractivity contribution in [1.82, 2.24) is 0 Å². The summed E-state index contributed by atoms with van der Waals surface area (Å²) in [4.78, 5) is -0.577. The van der Waals surface area contributed by atoms with Crippen molar-refractivity contribution in [2.45, 2.75) is 48.9 Å². The van der Waals surface area contributed by atoms with Crippen LogP contribution in [0.25, 0.3) is 0 Å². The molecule has 0 radical (unpaired) electrons. The van der Waals surface area contributed by atoms with Gasteiger partial charge in [-0.3, -0.25) is 0 Å². The minimum absolute atomic E-state index is 0.0845. The van der Waals surface area contributed by atoms with Gasteiger partial charge in [0.2, 0.25) is 0 Å². The van der Waals surface area contributed by atoms with Crippen molar-refractivity contribution in [3.63, 3.8) is 0 Å². The third-order valence-corrected chi connectivity index (χ3v) is 5.56. The van der Waals surface area contributed by atoms with E-state index in [9.17, 15) is 21.6 Å². The molecule has 2 rings (SSSR count). The van der Waals surface area contributed by atoms with Crippen molar-refractivity contribution < 1.29 is 21.6 Å². The van der Waals surface area contributed by atoms with Gasteiger partial charge in [0.05, 0.1) is 15.7 Å². The van der Waals surface area contributed by atoms with Gasteiger partial charge in [-0.25, -0.2) is 8.42 Å². The number of alkyl halides is 3. The van der Waals surface area contributed by atoms with E-state index in [4.69, 9.17) is 0 Å². The molecule has 0 spiro atoms. The van der Waals surface area contributed by atoms with Crippen LogP contribution in [0.3, 0.4) is 0 Å². The highest BCUT2D eigenvalue weighted by Gasteiger charge is 2.43. The van der Waals surface area contributed by atoms with E-state index >= 15 is 0 Å². The van der Waals surface area contributed by atoms with Crippen molar-refractivity contribution in [3.8, 4) is 0 Å². The summed E-state index contributed by atoms with van der Waals surface area (Å²) in [5.41, 5.74) is -0.548. The zero-order chi connectivity index (χ0) is 14.4. The summed E-state index contributed by atoms with van der Waals surface area (Å²) in [5.74, 6) is -0.0845. The molecular weight excluding hydrogens is 277 g/mol. The fraction of sp³-hybridized carbons (Fsp3) is 0.538. The molecule has 1 aromatic rings. The van der Waals surface area contributed by atoms with Gasteiger partial charge in [0.15, 0.2) is 9.84 Å². The van der Waals surface area contributed by atoms with Crippen LogP contribution < -0.4 is 0 Å². The Morgan fingerprint density at radius 2 is 1.79 bits per heavy atom. The van der Waals surface area contributed by atoms with Crippen LogP contribution in [-0.2, 0) is 16.0 Å². The predicted molar refractivity (Wildman–Crippen MR) is 65.7 cm³/mol. The second-order valence-electron chi connectivity index (χ2n) is 5.15. The molecule has 6 heteroatoms. The van der Waals surface area contributed by atoms with Gasteiger partial charge in [0, 0.05) is 0 Å². The maximum Gasteiger partial charge on any atom is 0.417 e. The van der Waals surface area contributed by atoms with Gasteiger partial charge in [-0.15, -0.1) is 0 Å². The highest BCUT2D eigenvalue weighted by atomic mass is 32.2. The number of benzene rings is 1. The van der Waals surface area contributed by atoms with Crippen LogP contribution in [0.1, 0.15) is 43.7 Å². The summed E-state index contributed by atoms with van der Waals surface area (Å²) in [5, 5.41) is -0.640. The molecule has 0 unspecified atom stereocenters. The van der Waals surface area contributed by atoms with E-state index in [0.29, 0.717) is 18.4 Å². The smallest absolute Gasteiger partial charge is 0.223 e. The monoisotopic (exact) mass is 292 g/mol. The maximum absolute atomic E-state index is 13.0. The lowest BCUT2D eigenvalue weighted by atomic mass is 10.0. The van der Waals surface area contributed by atoms with Crippen LogP contribution in [0.4, 0.5) is 13.2 Å². The van der Waals surface area contributed by atoms with Gasteiger partial charge < -0.3 is 0 Å². The van der Waals surface area contributed by atoms with E-state index in [1.807, 2.05) is 0 Å². The topological polar surface area (TPSA) is 34.1 Å². The summed E-state index contributed by atoms with van der Waals surface area (Å²) in [6, 6.07) is 3.53. The molecule has 0 N–H and O–H groups in total. The van der Waals surface area contributed by atoms with Crippen LogP contribution in [0.15, 0.2) is 23.1 Å². The van der Waals surface area contributed by atoms with E-state index in [1.54, 1.807) is 13.8 Å². The molecule has 1 aliphatic carbocycles. The van der Waals surface area contributed by atoms with E-state index in [0.717, 1.165) is 12.1 Å². The Hall–Kier alpha value is -1.04. The number of rotatable bonds is 3. The molecule has 1 fully saturated rings. The second-order valence-corrected chi connectivity index (χ2v) is 7.35. The molecule has 0 saturated heterocycles. The lowest BCUT2D eigenvalue weighted by Gasteiger charge is -2.16. The molecule has 0 aliphatic heterocycles. The Labute approximate surface area is 110 Å². The lowest BCUT2D eigenvalue weighted by molar-refractivity contribution is -0.139. The molecule has 1 saturated carbocycles. The van der Waals surface area contributed by atoms with Crippen molar-refractivity contribution >= 4 is 9.84 Å². The number of sulfone groups is 1. The lowest BCUT2D eigenvalue weighted by Crippen LogP contribution is -2.16. The van der Waals surface area contributed by atoms with Crippen LogP contribution in [0.5, 0.6) is 0 Å². The second kappa shape index (κ2) is 4.51. The molecule has 0 aromatic heterocycles. The maximum atomic E-state index is 13.0. The van der Waals surface area contributed by atoms with Gasteiger partial charge >= 0.3 is 6.18 Å². The highest BCUT2D eigenvalue weighted by molar-refractivity contribution is 7.92. The first-order chi connectivity index (χ1) is 8.64. The fourth-order valence-corrected chi connectivity index (χ4v) is 3.79. The SMILES string of the molecule is CC(C)c1ccc(S(=O)(=O)C2CC2)c(C(F)(F)F)c1. The zero-order valence-electron chi connectivity index (χ0n) is 10.7. The molecule has 1 aliphatic rings. The van der Waals surface area contributed by atoms with E-state index < -0.39 is 31.7 Å². The van der Waals surface area contributed by atoms with Crippen molar-refractivity contribution in [2.24, 2.45) is 0 Å². The van der Waals surface area contributed by atoms with Crippen molar-refractivity contribution in [2.75, 3.05) is 0 Å². The van der Waals surface area contributed by atoms with Crippen LogP contribution in [0.2, 0.25) is 0 Å². The van der Waals surface area contributed by atoms with Gasteiger partial charge in [0.25, 0.3) is 0 Å². The average molecular weight is 292 g/mol. The van der Waals surface area contributed by atoms with E-state index in [1.165, 1.54) is 6.07 Å². The van der Waals surface area contributed by atoms with Gasteiger partial charge in [0.1, 0.15) is 0 Å². The third-order valence-electron chi connectivity index (χ3n) is 3.25. The first-order valence-corrected chi connectivity index (χ1v) is 7.63. The normalized spacial score (nSPS) is 16.9. The predicted octanol–water partition coefficient (Wildman–Crippen LogP) is 3.76. The summed E-state index contributed by atoms with van der Waals surface area (Å²) in [6.07, 6.45) is -3.75. The van der Waals surface area contributed by atoms with E-state index in [2.05, 4.69) is 0 Å². The van der Waals surface area contributed by atoms with Crippen molar-refractivity contribution in [3.05, 3.63) is 29.3 Å². The van der Waals surface area contributed by atoms with Gasteiger partial charge in [-0.05, 0) is 36.5 Å². The Bertz CT molecular complexity index is 584. The van der Waals surface area contributed by atoms with Gasteiger partial charge in [-0.1, -0.05) is 19.9 Å². The van der Waals surface area contributed by atoms with Crippen molar-refractivity contribution in [1.29, 1.82) is 0 Å². The summed E-state index contributed by atoms with van der Waals surface area (Å²) >= 11 is 0. The average Bonchev–Trinajstić information content (AvgIpc) is 3.10. The van der Waals surface area contributed by atoms with Crippen LogP contribution in [0, 0.1) is 0 Å². The standard InChI is InChI=1S/C13H15F3O2S/c1-8(2)9-3-6-12(11(7-9)13(14,15)16)19(17,18)10-4-5-10/h3,6-8,10H,4-5H2,1-2H3. The third kappa shape index (κ3) is 2.78. The number of hydrogen-bond acceptors (Lipinski definition) is 2. The van der Waals surface area contributed by atoms with Crippen LogP contribution >= 0.6 is 0 Å². The zero-order valence-corrected chi connectivity index (χ0v) is 11.5. The van der Waals surface area contributed by atoms with Crippen LogP contribution in [-0.4, -0.2) is 13.7 Å². The summed E-state index contributed by atoms with van der Waals surface area (Å²) in [7, 11) is -3.84. The Balaban J connectivity index is 2.61. The molecule has 0 heterocycles. The minimum Gasteiger partial charge on any atom is -0.223 e. The molecular formula is C13H15F3O2S. The Morgan fingerprint density at radius 3 is 2.21 bits per heavy atom. The first-order valence-electron chi connectivity index (χ1n) is 6.09. The Kier molecular flexibility index (Phi) is 3.41. The molecule has 2 nitrogen and oxygen atoms in total. The molecule has 0 atom stereocenters. The Morgan fingerprint density at radius 1 is 1.21 bits per heavy atom. The first kappa shape index (κ1) is 14.4. The largest absolute Gasteiger partial charge is 0.417 e. The molecule has 1 aromatic carbocycles. The minimum atomic E-state index is -4.65. The van der Waals surface area contributed by atoms with E-state index in [-0.39, 0.29) is 5.92 Å². The number of hydrogen-bond donors (Lipinski definition) is 0. The fourth-order valence-electron chi connectivity index (χ4n) is 1.93. The molecule has 0 bridgehead atoms. The molecule has 19 heavy (non-hydrogen) atoms. The molecule has 0 amide bonds. The number of halogens is 3. The summed E-state index contributed by atoms with van der Waals surface area (Å²) in [6.45, 7) is 3.54. The highest BCUT2D eigenvalue weighted by Crippen LogP contribution is 2.41. The molecule has 106 valence electrons. The quantitative estimate of drug-likeness (QED) is 0.850. The van der Waals surface area contributed by atoms with Gasteiger partial charge in [-0.2, -0.15) is 13.2 Å².